The van der Waals surface area contributed by atoms with E-state index in [1.807, 2.05) is 31.2 Å². The van der Waals surface area contributed by atoms with Gasteiger partial charge < -0.3 is 4.90 Å². The molecule has 2 aromatic rings. The number of pyridine rings is 1. The van der Waals surface area contributed by atoms with Crippen LogP contribution in [-0.4, -0.2) is 34.4 Å². The molecule has 1 amide bonds. The molecule has 0 bridgehead atoms. The molecular weight excluding hydrogens is 346 g/mol. The summed E-state index contributed by atoms with van der Waals surface area (Å²) in [6, 6.07) is 11.6. The van der Waals surface area contributed by atoms with Gasteiger partial charge in [0.25, 0.3) is 0 Å². The first-order valence-electron chi connectivity index (χ1n) is 8.17. The van der Waals surface area contributed by atoms with E-state index in [2.05, 4.69) is 11.1 Å². The second kappa shape index (κ2) is 8.63. The first-order chi connectivity index (χ1) is 12.3. The molecule has 0 aliphatic heterocycles. The molecule has 0 saturated heterocycles. The molecule has 0 fully saturated rings. The number of carbonyl (C=O) groups excluding carboxylic acids is 2. The van der Waals surface area contributed by atoms with Crippen molar-refractivity contribution < 1.29 is 9.59 Å². The van der Waals surface area contributed by atoms with Gasteiger partial charge in [-0.3, -0.25) is 9.59 Å². The van der Waals surface area contributed by atoms with Crippen LogP contribution in [0.2, 0.25) is 0 Å². The molecular formula is C20H21N3O2S. The zero-order valence-corrected chi connectivity index (χ0v) is 16.2. The van der Waals surface area contributed by atoms with Crippen molar-refractivity contribution in [1.82, 2.24) is 9.88 Å². The second-order valence-corrected chi connectivity index (χ2v) is 7.07. The predicted molar refractivity (Wildman–Crippen MR) is 102 cm³/mol. The average molecular weight is 367 g/mol. The lowest BCUT2D eigenvalue weighted by molar-refractivity contribution is -0.127. The Hall–Kier alpha value is -2.65. The van der Waals surface area contributed by atoms with Crippen molar-refractivity contribution in [2.75, 3.05) is 12.8 Å². The largest absolute Gasteiger partial charge is 0.341 e. The minimum absolute atomic E-state index is 0.0442. The van der Waals surface area contributed by atoms with Crippen molar-refractivity contribution in [1.29, 1.82) is 5.26 Å². The third-order valence-corrected chi connectivity index (χ3v) is 5.08. The van der Waals surface area contributed by atoms with Gasteiger partial charge >= 0.3 is 0 Å². The molecule has 26 heavy (non-hydrogen) atoms. The summed E-state index contributed by atoms with van der Waals surface area (Å²) < 4.78 is 0. The number of nitriles is 1. The second-order valence-electron chi connectivity index (χ2n) is 6.11. The van der Waals surface area contributed by atoms with Crippen LogP contribution in [0.3, 0.4) is 0 Å². The Balaban J connectivity index is 2.07. The summed E-state index contributed by atoms with van der Waals surface area (Å²) in [6.45, 7) is 5.73. The highest BCUT2D eigenvalue weighted by atomic mass is 32.2. The lowest BCUT2D eigenvalue weighted by Crippen LogP contribution is -2.28. The van der Waals surface area contributed by atoms with Crippen LogP contribution in [-0.2, 0) is 11.3 Å². The molecule has 0 unspecified atom stereocenters. The predicted octanol–water partition coefficient (Wildman–Crippen LogP) is 3.52. The third kappa shape index (κ3) is 4.70. The van der Waals surface area contributed by atoms with Crippen molar-refractivity contribution in [3.63, 3.8) is 0 Å². The van der Waals surface area contributed by atoms with E-state index >= 15 is 0 Å². The van der Waals surface area contributed by atoms with E-state index in [0.717, 1.165) is 11.1 Å². The zero-order valence-electron chi connectivity index (χ0n) is 15.4. The van der Waals surface area contributed by atoms with Gasteiger partial charge in [0.1, 0.15) is 11.1 Å². The Labute approximate surface area is 158 Å². The van der Waals surface area contributed by atoms with Crippen molar-refractivity contribution in [3.05, 3.63) is 58.3 Å². The topological polar surface area (TPSA) is 74.1 Å². The highest BCUT2D eigenvalue weighted by molar-refractivity contribution is 7.99. The number of carbonyl (C=O) groups is 2. The Kier molecular flexibility index (Phi) is 6.53. The first kappa shape index (κ1) is 19.7. The number of aromatic nitrogens is 1. The number of nitrogens with zero attached hydrogens (tertiary/aromatic N) is 3. The molecule has 0 atom stereocenters. The van der Waals surface area contributed by atoms with Crippen LogP contribution in [0.15, 0.2) is 35.4 Å². The molecule has 0 aliphatic carbocycles. The molecule has 1 aromatic heterocycles. The van der Waals surface area contributed by atoms with E-state index in [4.69, 9.17) is 0 Å². The molecule has 1 heterocycles. The van der Waals surface area contributed by atoms with Gasteiger partial charge in [0, 0.05) is 24.8 Å². The smallest absolute Gasteiger partial charge is 0.233 e. The molecule has 1 aromatic carbocycles. The van der Waals surface area contributed by atoms with E-state index in [-0.39, 0.29) is 17.4 Å². The van der Waals surface area contributed by atoms with Crippen molar-refractivity contribution >= 4 is 23.5 Å². The molecule has 0 N–H and O–H groups in total. The van der Waals surface area contributed by atoms with Crippen LogP contribution >= 0.6 is 11.8 Å². The number of Topliss-reactive ketones (excluding diaryl/α,β-unsaturated/α-hetero) is 1. The Morgan fingerprint density at radius 2 is 1.96 bits per heavy atom. The van der Waals surface area contributed by atoms with Gasteiger partial charge in [0.15, 0.2) is 5.78 Å². The quantitative estimate of drug-likeness (QED) is 0.577. The van der Waals surface area contributed by atoms with Gasteiger partial charge in [0.2, 0.25) is 5.91 Å². The van der Waals surface area contributed by atoms with Crippen LogP contribution in [0, 0.1) is 25.2 Å². The Bertz CT molecular complexity index is 887. The maximum Gasteiger partial charge on any atom is 0.233 e. The fraction of sp³-hybridized carbons (Fsp3) is 0.300. The number of ketones is 1. The van der Waals surface area contributed by atoms with Crippen LogP contribution < -0.4 is 0 Å². The fourth-order valence-electron chi connectivity index (χ4n) is 2.50. The summed E-state index contributed by atoms with van der Waals surface area (Å²) in [5, 5.41) is 9.78. The minimum atomic E-state index is -0.128. The van der Waals surface area contributed by atoms with E-state index in [1.54, 1.807) is 24.9 Å². The Morgan fingerprint density at radius 3 is 2.58 bits per heavy atom. The number of hydrogen-bond donors (Lipinski definition) is 0. The Morgan fingerprint density at radius 1 is 1.27 bits per heavy atom. The van der Waals surface area contributed by atoms with E-state index < -0.39 is 0 Å². The van der Waals surface area contributed by atoms with Gasteiger partial charge in [-0.25, -0.2) is 4.98 Å². The lowest BCUT2D eigenvalue weighted by atomic mass is 10.1. The third-order valence-electron chi connectivity index (χ3n) is 4.10. The van der Waals surface area contributed by atoms with Crippen LogP contribution in [0.5, 0.6) is 0 Å². The summed E-state index contributed by atoms with van der Waals surface area (Å²) in [6.07, 6.45) is 0. The fourth-order valence-corrected chi connectivity index (χ4v) is 3.44. The molecule has 6 heteroatoms. The summed E-state index contributed by atoms with van der Waals surface area (Å²) in [5.74, 6) is 0.0115. The van der Waals surface area contributed by atoms with E-state index in [0.29, 0.717) is 28.4 Å². The van der Waals surface area contributed by atoms with Gasteiger partial charge in [-0.2, -0.15) is 5.26 Å². The lowest BCUT2D eigenvalue weighted by Gasteiger charge is -2.18. The zero-order chi connectivity index (χ0) is 19.3. The van der Waals surface area contributed by atoms with Gasteiger partial charge in [-0.05, 0) is 38.0 Å². The van der Waals surface area contributed by atoms with Crippen molar-refractivity contribution in [3.8, 4) is 6.07 Å². The van der Waals surface area contributed by atoms with Crippen LogP contribution in [0.25, 0.3) is 0 Å². The van der Waals surface area contributed by atoms with Crippen LogP contribution in [0.1, 0.15) is 39.7 Å². The molecule has 134 valence electrons. The monoisotopic (exact) mass is 367 g/mol. The molecule has 0 radical (unpaired) electrons. The molecule has 0 spiro atoms. The summed E-state index contributed by atoms with van der Waals surface area (Å²) in [4.78, 5) is 30.0. The maximum atomic E-state index is 12.4. The number of amides is 1. The summed E-state index contributed by atoms with van der Waals surface area (Å²) in [5.41, 5.74) is 3.57. The minimum Gasteiger partial charge on any atom is -0.341 e. The standard InChI is InChI=1S/C20H21N3O2S/c1-13-7-5-6-8-16(13)11-23(4)19(25)12-26-20-17(10-21)9-18(15(3)24)14(2)22-20/h5-9H,11-12H2,1-4H3. The number of benzene rings is 1. The maximum absolute atomic E-state index is 12.4. The summed E-state index contributed by atoms with van der Waals surface area (Å²) >= 11 is 1.22. The SMILES string of the molecule is CC(=O)c1cc(C#N)c(SCC(=O)N(C)Cc2ccccc2C)nc1C. The molecule has 0 saturated carbocycles. The van der Waals surface area contributed by atoms with Gasteiger partial charge in [-0.15, -0.1) is 0 Å². The first-order valence-corrected chi connectivity index (χ1v) is 9.16. The number of thioether (sulfide) groups is 1. The highest BCUT2D eigenvalue weighted by Gasteiger charge is 2.16. The molecule has 2 rings (SSSR count). The number of rotatable bonds is 6. The highest BCUT2D eigenvalue weighted by Crippen LogP contribution is 2.23. The van der Waals surface area contributed by atoms with Crippen molar-refractivity contribution in [2.45, 2.75) is 32.3 Å². The van der Waals surface area contributed by atoms with Gasteiger partial charge in [-0.1, -0.05) is 36.0 Å². The average Bonchev–Trinajstić information content (AvgIpc) is 2.61. The van der Waals surface area contributed by atoms with Crippen molar-refractivity contribution in [2.24, 2.45) is 0 Å². The number of aryl methyl sites for hydroxylation is 2. The van der Waals surface area contributed by atoms with Gasteiger partial charge in [0.05, 0.1) is 11.3 Å². The molecule has 5 nitrogen and oxygen atoms in total. The summed E-state index contributed by atoms with van der Waals surface area (Å²) in [7, 11) is 1.76. The van der Waals surface area contributed by atoms with Crippen LogP contribution in [0.4, 0.5) is 0 Å². The molecule has 0 aliphatic rings. The van der Waals surface area contributed by atoms with E-state index in [9.17, 15) is 14.9 Å². The normalized spacial score (nSPS) is 10.3. The van der Waals surface area contributed by atoms with E-state index in [1.165, 1.54) is 18.7 Å². The number of hydrogen-bond acceptors (Lipinski definition) is 5.